The fourth-order valence-corrected chi connectivity index (χ4v) is 4.05. The lowest BCUT2D eigenvalue weighted by molar-refractivity contribution is 0.335. The van der Waals surface area contributed by atoms with Crippen LogP contribution in [0.1, 0.15) is 31.5 Å². The zero-order valence-corrected chi connectivity index (χ0v) is 15.3. The molecule has 1 saturated carbocycles. The minimum absolute atomic E-state index is 0.245. The molecule has 2 N–H and O–H groups in total. The van der Waals surface area contributed by atoms with Gasteiger partial charge in [-0.25, -0.2) is 4.98 Å². The molecule has 3 aromatic heterocycles. The van der Waals surface area contributed by atoms with Gasteiger partial charge in [0.05, 0.1) is 17.1 Å². The van der Waals surface area contributed by atoms with Gasteiger partial charge in [-0.05, 0) is 44.0 Å². The number of aromatic nitrogens is 4. The summed E-state index contributed by atoms with van der Waals surface area (Å²) >= 11 is 7.64. The van der Waals surface area contributed by atoms with Crippen molar-refractivity contribution in [2.75, 3.05) is 6.61 Å². The number of nitrogens with zero attached hydrogens (tertiary/aromatic N) is 4. The summed E-state index contributed by atoms with van der Waals surface area (Å²) in [6, 6.07) is 7.90. The number of pyridine rings is 1. The van der Waals surface area contributed by atoms with Crippen molar-refractivity contribution >= 4 is 22.9 Å². The van der Waals surface area contributed by atoms with Gasteiger partial charge in [0.2, 0.25) is 0 Å². The molecule has 1 aliphatic rings. The van der Waals surface area contributed by atoms with Gasteiger partial charge in [0.25, 0.3) is 0 Å². The Bertz CT molecular complexity index is 870. The summed E-state index contributed by atoms with van der Waals surface area (Å²) in [7, 11) is 0. The number of thiophene rings is 1. The molecule has 0 unspecified atom stereocenters. The predicted octanol–water partition coefficient (Wildman–Crippen LogP) is 3.65. The molecule has 8 heteroatoms. The molecule has 6 nitrogen and oxygen atoms in total. The van der Waals surface area contributed by atoms with Crippen molar-refractivity contribution in [2.45, 2.75) is 31.7 Å². The second-order valence-corrected chi connectivity index (χ2v) is 7.73. The van der Waals surface area contributed by atoms with E-state index in [4.69, 9.17) is 22.1 Å². The van der Waals surface area contributed by atoms with Crippen molar-refractivity contribution in [1.29, 1.82) is 0 Å². The van der Waals surface area contributed by atoms with E-state index in [9.17, 15) is 0 Å². The van der Waals surface area contributed by atoms with Crippen molar-refractivity contribution in [3.63, 3.8) is 0 Å². The molecule has 1 aliphatic carbocycles. The van der Waals surface area contributed by atoms with Gasteiger partial charge in [-0.15, -0.1) is 21.5 Å². The molecular formula is C17H18ClN5OS. The van der Waals surface area contributed by atoms with Crippen LogP contribution < -0.4 is 10.5 Å². The Balaban J connectivity index is 1.76. The van der Waals surface area contributed by atoms with Crippen molar-refractivity contribution in [3.05, 3.63) is 40.6 Å². The van der Waals surface area contributed by atoms with Gasteiger partial charge in [0.15, 0.2) is 5.82 Å². The van der Waals surface area contributed by atoms with Crippen molar-refractivity contribution in [2.24, 2.45) is 5.73 Å². The maximum atomic E-state index is 6.15. The minimum Gasteiger partial charge on any atom is -0.492 e. The van der Waals surface area contributed by atoms with Crippen LogP contribution in [0.4, 0.5) is 0 Å². The number of rotatable bonds is 5. The van der Waals surface area contributed by atoms with Gasteiger partial charge >= 0.3 is 0 Å². The second-order valence-electron chi connectivity index (χ2n) is 6.04. The molecule has 0 radical (unpaired) electrons. The third-order valence-corrected chi connectivity index (χ3v) is 5.50. The van der Waals surface area contributed by atoms with Crippen LogP contribution in [-0.4, -0.2) is 32.4 Å². The zero-order chi connectivity index (χ0) is 17.4. The van der Waals surface area contributed by atoms with Crippen molar-refractivity contribution in [3.8, 4) is 22.3 Å². The average Bonchev–Trinajstić information content (AvgIpc) is 3.19. The van der Waals surface area contributed by atoms with Gasteiger partial charge in [0.1, 0.15) is 22.3 Å². The molecule has 4 rings (SSSR count). The highest BCUT2D eigenvalue weighted by atomic mass is 35.5. The third kappa shape index (κ3) is 3.15. The predicted molar refractivity (Wildman–Crippen MR) is 98.6 cm³/mol. The van der Waals surface area contributed by atoms with Gasteiger partial charge in [-0.3, -0.25) is 4.57 Å². The topological polar surface area (TPSA) is 78.9 Å². The molecule has 0 aliphatic heterocycles. The molecule has 0 amide bonds. The average molecular weight is 376 g/mol. The van der Waals surface area contributed by atoms with E-state index in [1.54, 1.807) is 6.20 Å². The highest BCUT2D eigenvalue weighted by Gasteiger charge is 2.33. The fourth-order valence-electron chi connectivity index (χ4n) is 3.01. The van der Waals surface area contributed by atoms with Crippen LogP contribution >= 0.6 is 22.9 Å². The number of halogens is 1. The maximum Gasteiger partial charge on any atom is 0.187 e. The Morgan fingerprint density at radius 3 is 2.72 bits per heavy atom. The highest BCUT2D eigenvalue weighted by Crippen LogP contribution is 2.39. The lowest BCUT2D eigenvalue weighted by atomic mass is 9.80. The van der Waals surface area contributed by atoms with Crippen LogP contribution in [0.15, 0.2) is 30.5 Å². The molecule has 0 aromatic carbocycles. The summed E-state index contributed by atoms with van der Waals surface area (Å²) in [5.74, 6) is 2.68. The van der Waals surface area contributed by atoms with E-state index in [2.05, 4.69) is 19.7 Å². The van der Waals surface area contributed by atoms with Crippen molar-refractivity contribution in [1.82, 2.24) is 19.7 Å². The standard InChI is InChI=1S/C17H18ClN5OS/c1-2-24-12-3-4-13(20-9-12)17-22-21-16(10-7-11(19)8-10)23(17)15-6-5-14(18)25-15/h3-6,9-11H,2,7-8,19H2,1H3. The summed E-state index contributed by atoms with van der Waals surface area (Å²) in [5, 5.41) is 9.83. The van der Waals surface area contributed by atoms with Crippen LogP contribution in [0.2, 0.25) is 4.34 Å². The largest absolute Gasteiger partial charge is 0.492 e. The summed E-state index contributed by atoms with van der Waals surface area (Å²) in [4.78, 5) is 4.49. The molecule has 0 saturated heterocycles. The van der Waals surface area contributed by atoms with E-state index < -0.39 is 0 Å². The van der Waals surface area contributed by atoms with E-state index in [1.807, 2.05) is 31.2 Å². The normalized spacial score (nSPS) is 19.6. The van der Waals surface area contributed by atoms with Crippen LogP contribution in [-0.2, 0) is 0 Å². The summed E-state index contributed by atoms with van der Waals surface area (Å²) < 4.78 is 8.24. The Hall–Kier alpha value is -1.96. The van der Waals surface area contributed by atoms with Crippen LogP contribution in [0, 0.1) is 0 Å². The Morgan fingerprint density at radius 1 is 1.28 bits per heavy atom. The van der Waals surface area contributed by atoms with E-state index in [0.717, 1.165) is 39.4 Å². The first-order valence-electron chi connectivity index (χ1n) is 8.21. The fraction of sp³-hybridized carbons (Fsp3) is 0.353. The van der Waals surface area contributed by atoms with E-state index in [0.29, 0.717) is 18.3 Å². The number of hydrogen-bond donors (Lipinski definition) is 1. The highest BCUT2D eigenvalue weighted by molar-refractivity contribution is 7.18. The SMILES string of the molecule is CCOc1ccc(-c2nnc(C3CC(N)C3)n2-c2ccc(Cl)s2)nc1. The molecule has 3 heterocycles. The Labute approximate surface area is 154 Å². The molecule has 1 fully saturated rings. The van der Waals surface area contributed by atoms with Crippen LogP contribution in [0.5, 0.6) is 5.75 Å². The number of ether oxygens (including phenoxy) is 1. The van der Waals surface area contributed by atoms with E-state index in [-0.39, 0.29) is 6.04 Å². The zero-order valence-electron chi connectivity index (χ0n) is 13.7. The Kier molecular flexibility index (Phi) is 4.45. The number of nitrogens with two attached hydrogens (primary N) is 1. The molecule has 25 heavy (non-hydrogen) atoms. The molecule has 0 atom stereocenters. The first-order valence-corrected chi connectivity index (χ1v) is 9.41. The Morgan fingerprint density at radius 2 is 2.12 bits per heavy atom. The molecule has 0 bridgehead atoms. The van der Waals surface area contributed by atoms with Gasteiger partial charge in [-0.1, -0.05) is 11.6 Å². The minimum atomic E-state index is 0.245. The molecule has 0 spiro atoms. The smallest absolute Gasteiger partial charge is 0.187 e. The van der Waals surface area contributed by atoms with E-state index >= 15 is 0 Å². The molecule has 3 aromatic rings. The molecule has 130 valence electrons. The van der Waals surface area contributed by atoms with Crippen LogP contribution in [0.25, 0.3) is 16.5 Å². The summed E-state index contributed by atoms with van der Waals surface area (Å²) in [6.07, 6.45) is 3.56. The third-order valence-electron chi connectivity index (χ3n) is 4.28. The molecular weight excluding hydrogens is 358 g/mol. The second kappa shape index (κ2) is 6.74. The van der Waals surface area contributed by atoms with Crippen LogP contribution in [0.3, 0.4) is 0 Å². The van der Waals surface area contributed by atoms with Gasteiger partial charge in [0, 0.05) is 12.0 Å². The monoisotopic (exact) mass is 375 g/mol. The summed E-state index contributed by atoms with van der Waals surface area (Å²) in [5.41, 5.74) is 6.71. The van der Waals surface area contributed by atoms with E-state index in [1.165, 1.54) is 11.3 Å². The first kappa shape index (κ1) is 16.5. The maximum absolute atomic E-state index is 6.15. The quantitative estimate of drug-likeness (QED) is 0.736. The van der Waals surface area contributed by atoms with Gasteiger partial charge in [-0.2, -0.15) is 0 Å². The number of hydrogen-bond acceptors (Lipinski definition) is 6. The first-order chi connectivity index (χ1) is 12.2. The van der Waals surface area contributed by atoms with Crippen molar-refractivity contribution < 1.29 is 4.74 Å². The van der Waals surface area contributed by atoms with Gasteiger partial charge < -0.3 is 10.5 Å². The lowest BCUT2D eigenvalue weighted by Crippen LogP contribution is -2.36. The lowest BCUT2D eigenvalue weighted by Gasteiger charge is -2.31. The summed E-state index contributed by atoms with van der Waals surface area (Å²) in [6.45, 7) is 2.55.